The van der Waals surface area contributed by atoms with E-state index in [0.717, 1.165) is 35.7 Å². The molecule has 1 saturated heterocycles. The standard InChI is InChI=1S/C22H24N2O2S2/c1-4-24(5-2)18-12-11-17(13-20-21(25)23(3)22(27)28-20)19(14-18)26-15-16-9-7-6-8-10-16/h6-14H,4-5,15H2,1-3H3/b20-13-. The molecule has 0 N–H and O–H groups in total. The lowest BCUT2D eigenvalue weighted by atomic mass is 10.1. The van der Waals surface area contributed by atoms with Gasteiger partial charge in [0.05, 0.1) is 4.91 Å². The molecule has 146 valence electrons. The van der Waals surface area contributed by atoms with Crippen LogP contribution in [0.5, 0.6) is 5.75 Å². The predicted octanol–water partition coefficient (Wildman–Crippen LogP) is 4.94. The highest BCUT2D eigenvalue weighted by Crippen LogP contribution is 2.35. The van der Waals surface area contributed by atoms with E-state index in [2.05, 4.69) is 30.9 Å². The second-order valence-electron chi connectivity index (χ2n) is 6.41. The molecule has 4 nitrogen and oxygen atoms in total. The summed E-state index contributed by atoms with van der Waals surface area (Å²) < 4.78 is 6.74. The van der Waals surface area contributed by atoms with Crippen molar-refractivity contribution in [3.63, 3.8) is 0 Å². The second-order valence-corrected chi connectivity index (χ2v) is 8.09. The van der Waals surface area contributed by atoms with Gasteiger partial charge in [0.15, 0.2) is 0 Å². The summed E-state index contributed by atoms with van der Waals surface area (Å²) in [5, 5.41) is 0. The third-order valence-electron chi connectivity index (χ3n) is 4.64. The van der Waals surface area contributed by atoms with Crippen LogP contribution in [-0.4, -0.2) is 35.3 Å². The predicted molar refractivity (Wildman–Crippen MR) is 122 cm³/mol. The van der Waals surface area contributed by atoms with E-state index < -0.39 is 0 Å². The van der Waals surface area contributed by atoms with Crippen molar-refractivity contribution < 1.29 is 9.53 Å². The van der Waals surface area contributed by atoms with Crippen LogP contribution in [0.3, 0.4) is 0 Å². The molecule has 2 aromatic rings. The van der Waals surface area contributed by atoms with Crippen LogP contribution in [0.25, 0.3) is 6.08 Å². The van der Waals surface area contributed by atoms with Gasteiger partial charge in [-0.2, -0.15) is 0 Å². The van der Waals surface area contributed by atoms with Gasteiger partial charge in [-0.1, -0.05) is 54.3 Å². The fraction of sp³-hybridized carbons (Fsp3) is 0.273. The van der Waals surface area contributed by atoms with E-state index in [-0.39, 0.29) is 5.91 Å². The van der Waals surface area contributed by atoms with Crippen LogP contribution in [-0.2, 0) is 11.4 Å². The number of amides is 1. The number of hydrogen-bond donors (Lipinski definition) is 0. The summed E-state index contributed by atoms with van der Waals surface area (Å²) in [7, 11) is 1.70. The van der Waals surface area contributed by atoms with Gasteiger partial charge in [-0.15, -0.1) is 0 Å². The van der Waals surface area contributed by atoms with Crippen molar-refractivity contribution in [3.05, 3.63) is 64.6 Å². The summed E-state index contributed by atoms with van der Waals surface area (Å²) in [4.78, 5) is 16.8. The number of benzene rings is 2. The van der Waals surface area contributed by atoms with E-state index in [1.807, 2.05) is 42.5 Å². The Morgan fingerprint density at radius 1 is 1.14 bits per heavy atom. The summed E-state index contributed by atoms with van der Waals surface area (Å²) >= 11 is 6.56. The zero-order chi connectivity index (χ0) is 20.1. The topological polar surface area (TPSA) is 32.8 Å². The molecule has 0 aliphatic carbocycles. The van der Waals surface area contributed by atoms with Crippen molar-refractivity contribution in [3.8, 4) is 5.75 Å². The highest BCUT2D eigenvalue weighted by atomic mass is 32.2. The van der Waals surface area contributed by atoms with Crippen LogP contribution in [0, 0.1) is 0 Å². The summed E-state index contributed by atoms with van der Waals surface area (Å²) in [6.45, 7) is 6.58. The molecule has 0 unspecified atom stereocenters. The van der Waals surface area contributed by atoms with Gasteiger partial charge in [0.2, 0.25) is 0 Å². The quantitative estimate of drug-likeness (QED) is 0.475. The molecule has 0 atom stereocenters. The SMILES string of the molecule is CCN(CC)c1ccc(/C=C2\SC(=S)N(C)C2=O)c(OCc2ccccc2)c1. The summed E-state index contributed by atoms with van der Waals surface area (Å²) in [5.41, 5.74) is 3.08. The van der Waals surface area contributed by atoms with Gasteiger partial charge in [0.1, 0.15) is 16.7 Å². The highest BCUT2D eigenvalue weighted by molar-refractivity contribution is 8.26. The van der Waals surface area contributed by atoms with Crippen molar-refractivity contribution in [2.75, 3.05) is 25.0 Å². The van der Waals surface area contributed by atoms with E-state index >= 15 is 0 Å². The molecule has 1 aliphatic heterocycles. The zero-order valence-corrected chi connectivity index (χ0v) is 18.0. The van der Waals surface area contributed by atoms with Crippen LogP contribution in [0.15, 0.2) is 53.4 Å². The number of hydrogen-bond acceptors (Lipinski definition) is 5. The maximum Gasteiger partial charge on any atom is 0.265 e. The fourth-order valence-corrected chi connectivity index (χ4v) is 4.15. The van der Waals surface area contributed by atoms with Crippen LogP contribution in [0.4, 0.5) is 5.69 Å². The Morgan fingerprint density at radius 2 is 1.86 bits per heavy atom. The molecule has 0 bridgehead atoms. The van der Waals surface area contributed by atoms with E-state index in [4.69, 9.17) is 17.0 Å². The Balaban J connectivity index is 1.94. The van der Waals surface area contributed by atoms with Gasteiger partial charge in [0.25, 0.3) is 5.91 Å². The third-order valence-corrected chi connectivity index (χ3v) is 6.12. The molecule has 3 rings (SSSR count). The molecule has 1 aliphatic rings. The Hall–Kier alpha value is -2.31. The number of anilines is 1. The molecule has 1 heterocycles. The minimum atomic E-state index is -0.0724. The zero-order valence-electron chi connectivity index (χ0n) is 16.3. The first-order valence-corrected chi connectivity index (χ1v) is 10.5. The minimum Gasteiger partial charge on any atom is -0.488 e. The number of thioether (sulfide) groups is 1. The number of ether oxygens (including phenoxy) is 1. The van der Waals surface area contributed by atoms with Crippen molar-refractivity contribution in [2.45, 2.75) is 20.5 Å². The van der Waals surface area contributed by atoms with Gasteiger partial charge in [-0.05, 0) is 37.6 Å². The number of rotatable bonds is 7. The van der Waals surface area contributed by atoms with Crippen molar-refractivity contribution in [2.24, 2.45) is 0 Å². The molecule has 2 aromatic carbocycles. The Morgan fingerprint density at radius 3 is 2.46 bits per heavy atom. The summed E-state index contributed by atoms with van der Waals surface area (Å²) in [5.74, 6) is 0.687. The molecule has 0 aromatic heterocycles. The van der Waals surface area contributed by atoms with Crippen LogP contribution < -0.4 is 9.64 Å². The maximum atomic E-state index is 12.4. The molecule has 1 amide bonds. The van der Waals surface area contributed by atoms with Crippen molar-refractivity contribution in [1.82, 2.24) is 4.90 Å². The van der Waals surface area contributed by atoms with Gasteiger partial charge in [0, 0.05) is 37.5 Å². The molecular formula is C22H24N2O2S2. The molecule has 0 saturated carbocycles. The Kier molecular flexibility index (Phi) is 6.75. The Bertz CT molecular complexity index is 893. The lowest BCUT2D eigenvalue weighted by molar-refractivity contribution is -0.121. The van der Waals surface area contributed by atoms with E-state index in [1.54, 1.807) is 7.05 Å². The van der Waals surface area contributed by atoms with Crippen molar-refractivity contribution in [1.29, 1.82) is 0 Å². The largest absolute Gasteiger partial charge is 0.488 e. The highest BCUT2D eigenvalue weighted by Gasteiger charge is 2.29. The first kappa shape index (κ1) is 20.4. The molecule has 0 spiro atoms. The second kappa shape index (κ2) is 9.26. The van der Waals surface area contributed by atoms with Gasteiger partial charge >= 0.3 is 0 Å². The monoisotopic (exact) mass is 412 g/mol. The average Bonchev–Trinajstić information content (AvgIpc) is 2.96. The average molecular weight is 413 g/mol. The first-order valence-electron chi connectivity index (χ1n) is 9.30. The van der Waals surface area contributed by atoms with Gasteiger partial charge < -0.3 is 9.64 Å². The number of thiocarbonyl (C=S) groups is 1. The van der Waals surface area contributed by atoms with Gasteiger partial charge in [-0.25, -0.2) is 0 Å². The van der Waals surface area contributed by atoms with E-state index in [0.29, 0.717) is 15.8 Å². The minimum absolute atomic E-state index is 0.0724. The van der Waals surface area contributed by atoms with Crippen LogP contribution in [0.1, 0.15) is 25.0 Å². The maximum absolute atomic E-state index is 12.4. The van der Waals surface area contributed by atoms with Crippen molar-refractivity contribution >= 4 is 46.0 Å². The molecule has 0 radical (unpaired) electrons. The molecule has 1 fully saturated rings. The number of carbonyl (C=O) groups is 1. The first-order chi connectivity index (χ1) is 13.5. The number of nitrogens with zero attached hydrogens (tertiary/aromatic N) is 2. The fourth-order valence-electron chi connectivity index (χ4n) is 2.97. The smallest absolute Gasteiger partial charge is 0.265 e. The Labute approximate surface area is 176 Å². The lowest BCUT2D eigenvalue weighted by Crippen LogP contribution is -2.22. The lowest BCUT2D eigenvalue weighted by Gasteiger charge is -2.22. The number of carbonyl (C=O) groups excluding carboxylic acids is 1. The molecular weight excluding hydrogens is 388 g/mol. The molecule has 6 heteroatoms. The summed E-state index contributed by atoms with van der Waals surface area (Å²) in [6, 6.07) is 16.2. The van der Waals surface area contributed by atoms with Crippen LogP contribution in [0.2, 0.25) is 0 Å². The van der Waals surface area contributed by atoms with Gasteiger partial charge in [-0.3, -0.25) is 9.69 Å². The summed E-state index contributed by atoms with van der Waals surface area (Å²) in [6.07, 6.45) is 1.87. The van der Waals surface area contributed by atoms with Crippen LogP contribution >= 0.6 is 24.0 Å². The normalized spacial score (nSPS) is 15.4. The number of likely N-dealkylation sites (N-methyl/N-ethyl adjacent to an activating group) is 1. The van der Waals surface area contributed by atoms with E-state index in [1.165, 1.54) is 16.7 Å². The third kappa shape index (κ3) is 4.56. The molecule has 28 heavy (non-hydrogen) atoms. The van der Waals surface area contributed by atoms with E-state index in [9.17, 15) is 4.79 Å².